The Morgan fingerprint density at radius 2 is 2.08 bits per heavy atom. The number of carbonyl (C=O) groups is 2. The molecule has 0 unspecified atom stereocenters. The first-order valence-corrected chi connectivity index (χ1v) is 11.9. The fraction of sp³-hybridized carbons (Fsp3) is 0.192. The number of benzene rings is 1. The molecule has 3 aromatic heterocycles. The molecule has 36 heavy (non-hydrogen) atoms. The summed E-state index contributed by atoms with van der Waals surface area (Å²) in [5.41, 5.74) is 6.14. The van der Waals surface area contributed by atoms with E-state index in [1.165, 1.54) is 23.3 Å². The second-order valence-electron chi connectivity index (χ2n) is 8.32. The molecule has 10 heteroatoms. The third-order valence-corrected chi connectivity index (χ3v) is 6.89. The van der Waals surface area contributed by atoms with Crippen LogP contribution in [0.2, 0.25) is 0 Å². The summed E-state index contributed by atoms with van der Waals surface area (Å²) in [6.07, 6.45) is 10.2. The summed E-state index contributed by atoms with van der Waals surface area (Å²) in [5, 5.41) is 8.09. The monoisotopic (exact) mass is 498 g/mol. The second-order valence-corrected chi connectivity index (χ2v) is 9.32. The summed E-state index contributed by atoms with van der Waals surface area (Å²) in [6.45, 7) is 0. The van der Waals surface area contributed by atoms with E-state index < -0.39 is 6.09 Å². The molecule has 5 rings (SSSR count). The fourth-order valence-corrected chi connectivity index (χ4v) is 5.25. The molecule has 1 N–H and O–H groups in total. The highest BCUT2D eigenvalue weighted by molar-refractivity contribution is 7.19. The smallest absolute Gasteiger partial charge is 0.413 e. The molecule has 0 saturated heterocycles. The van der Waals surface area contributed by atoms with Gasteiger partial charge in [-0.25, -0.2) is 14.5 Å². The number of ether oxygens (including phenoxy) is 1. The number of pyridine rings is 1. The Hall–Kier alpha value is -4.49. The van der Waals surface area contributed by atoms with E-state index in [9.17, 15) is 9.59 Å². The Labute approximate surface area is 211 Å². The van der Waals surface area contributed by atoms with Crippen LogP contribution in [0.4, 0.5) is 9.93 Å². The molecule has 0 saturated carbocycles. The summed E-state index contributed by atoms with van der Waals surface area (Å²) in [4.78, 5) is 35.6. The van der Waals surface area contributed by atoms with Gasteiger partial charge in [0.25, 0.3) is 5.91 Å². The molecular formula is C26H22N6O3S. The number of carbonyl (C=O) groups excluding carboxylic acids is 2. The zero-order valence-electron chi connectivity index (χ0n) is 19.9. The minimum Gasteiger partial charge on any atom is -0.453 e. The van der Waals surface area contributed by atoms with E-state index in [2.05, 4.69) is 21.2 Å². The average molecular weight is 499 g/mol. The molecule has 9 nitrogen and oxygen atoms in total. The van der Waals surface area contributed by atoms with Crippen molar-refractivity contribution in [1.82, 2.24) is 24.6 Å². The molecule has 4 aromatic rings. The van der Waals surface area contributed by atoms with Crippen molar-refractivity contribution in [3.8, 4) is 39.9 Å². The van der Waals surface area contributed by atoms with E-state index in [0.29, 0.717) is 34.8 Å². The Morgan fingerprint density at radius 3 is 2.78 bits per heavy atom. The lowest BCUT2D eigenvalue weighted by molar-refractivity contribution is 0.0827. The number of nitrogens with one attached hydrogen (secondary N) is 1. The van der Waals surface area contributed by atoms with Crippen LogP contribution in [0.1, 0.15) is 27.2 Å². The van der Waals surface area contributed by atoms with E-state index >= 15 is 0 Å². The molecule has 0 atom stereocenters. The van der Waals surface area contributed by atoms with E-state index in [-0.39, 0.29) is 5.91 Å². The molecule has 1 aromatic carbocycles. The molecular weight excluding hydrogens is 476 g/mol. The normalized spacial score (nSPS) is 11.7. The van der Waals surface area contributed by atoms with Crippen LogP contribution in [0, 0.1) is 12.3 Å². The van der Waals surface area contributed by atoms with E-state index in [0.717, 1.165) is 33.1 Å². The van der Waals surface area contributed by atoms with Crippen LogP contribution in [0.3, 0.4) is 0 Å². The third kappa shape index (κ3) is 3.99. The first-order chi connectivity index (χ1) is 17.4. The van der Waals surface area contributed by atoms with Crippen LogP contribution in [0.15, 0.2) is 42.7 Å². The summed E-state index contributed by atoms with van der Waals surface area (Å²) in [7, 11) is 4.70. The Kier molecular flexibility index (Phi) is 6.00. The van der Waals surface area contributed by atoms with E-state index in [4.69, 9.17) is 16.3 Å². The molecule has 1 aliphatic carbocycles. The van der Waals surface area contributed by atoms with Gasteiger partial charge in [-0.05, 0) is 43.2 Å². The third-order valence-electron chi connectivity index (χ3n) is 5.87. The highest BCUT2D eigenvalue weighted by atomic mass is 32.1. The van der Waals surface area contributed by atoms with Crippen molar-refractivity contribution in [2.75, 3.05) is 26.5 Å². The lowest BCUT2D eigenvalue weighted by atomic mass is 9.95. The van der Waals surface area contributed by atoms with Gasteiger partial charge in [-0.1, -0.05) is 17.3 Å². The number of terminal acetylenes is 1. The number of fused-ring (bicyclic) bond motifs is 3. The van der Waals surface area contributed by atoms with Gasteiger partial charge in [-0.3, -0.25) is 15.1 Å². The zero-order valence-corrected chi connectivity index (χ0v) is 20.7. The van der Waals surface area contributed by atoms with E-state index in [1.54, 1.807) is 38.6 Å². The zero-order chi connectivity index (χ0) is 25.4. The van der Waals surface area contributed by atoms with Crippen LogP contribution in [-0.4, -0.2) is 57.9 Å². The molecule has 0 aliphatic heterocycles. The number of nitrogens with zero attached hydrogens (tertiary/aromatic N) is 5. The van der Waals surface area contributed by atoms with Gasteiger partial charge in [0.15, 0.2) is 5.13 Å². The second kappa shape index (κ2) is 9.28. The number of thiazole rings is 1. The van der Waals surface area contributed by atoms with Gasteiger partial charge >= 0.3 is 6.09 Å². The van der Waals surface area contributed by atoms with Gasteiger partial charge in [0, 0.05) is 43.2 Å². The van der Waals surface area contributed by atoms with Crippen LogP contribution < -0.4 is 5.32 Å². The molecule has 2 amide bonds. The predicted octanol–water partition coefficient (Wildman–Crippen LogP) is 4.02. The first-order valence-electron chi connectivity index (χ1n) is 11.1. The molecule has 0 spiro atoms. The maximum absolute atomic E-state index is 12.5. The highest BCUT2D eigenvalue weighted by Gasteiger charge is 2.31. The van der Waals surface area contributed by atoms with Crippen molar-refractivity contribution in [3.63, 3.8) is 0 Å². The lowest BCUT2D eigenvalue weighted by Crippen LogP contribution is -2.21. The van der Waals surface area contributed by atoms with Crippen molar-refractivity contribution in [2.45, 2.75) is 12.8 Å². The number of methoxy groups -OCH3 is 1. The number of rotatable bonds is 4. The van der Waals surface area contributed by atoms with Crippen molar-refractivity contribution >= 4 is 28.5 Å². The molecule has 180 valence electrons. The Balaban J connectivity index is 1.72. The summed E-state index contributed by atoms with van der Waals surface area (Å²) in [6, 6.07) is 9.10. The SMILES string of the molecule is C#Cc1cc(C(=O)N(C)C)ccc1-n1nc(-c2cccnc2)c2c1-c1sc(NC(=O)OC)nc1CC2. The lowest BCUT2D eigenvalue weighted by Gasteiger charge is -2.16. The van der Waals surface area contributed by atoms with Gasteiger partial charge in [-0.2, -0.15) is 5.10 Å². The van der Waals surface area contributed by atoms with Gasteiger partial charge in [-0.15, -0.1) is 6.42 Å². The van der Waals surface area contributed by atoms with Crippen LogP contribution >= 0.6 is 11.3 Å². The van der Waals surface area contributed by atoms with Gasteiger partial charge < -0.3 is 9.64 Å². The predicted molar refractivity (Wildman–Crippen MR) is 137 cm³/mol. The van der Waals surface area contributed by atoms with Crippen molar-refractivity contribution in [2.24, 2.45) is 0 Å². The van der Waals surface area contributed by atoms with Crippen molar-refractivity contribution < 1.29 is 14.3 Å². The molecule has 0 radical (unpaired) electrons. The van der Waals surface area contributed by atoms with Gasteiger partial charge in [0.1, 0.15) is 0 Å². The minimum atomic E-state index is -0.582. The van der Waals surface area contributed by atoms with E-state index in [1.807, 2.05) is 22.9 Å². The molecule has 0 bridgehead atoms. The van der Waals surface area contributed by atoms with Crippen LogP contribution in [0.25, 0.3) is 27.5 Å². The van der Waals surface area contributed by atoms with Gasteiger partial charge in [0.05, 0.1) is 40.3 Å². The number of anilines is 1. The number of hydrogen-bond donors (Lipinski definition) is 1. The minimum absolute atomic E-state index is 0.139. The first kappa shape index (κ1) is 23.3. The van der Waals surface area contributed by atoms with Crippen LogP contribution in [0.5, 0.6) is 0 Å². The largest absolute Gasteiger partial charge is 0.453 e. The Bertz CT molecular complexity index is 1530. The fourth-order valence-electron chi connectivity index (χ4n) is 4.20. The standard InChI is InChI=1S/C26H22N6O3S/c1-5-15-13-16(24(33)31(2)3)8-11-20(15)32-22-18(21(30-32)17-7-6-12-27-14-17)9-10-19-23(22)36-25(28-19)29-26(34)35-4/h1,6-8,11-14H,9-10H2,2-4H3,(H,28,29,34). The summed E-state index contributed by atoms with van der Waals surface area (Å²) < 4.78 is 6.54. The summed E-state index contributed by atoms with van der Waals surface area (Å²) >= 11 is 1.35. The highest BCUT2D eigenvalue weighted by Crippen LogP contribution is 2.44. The van der Waals surface area contributed by atoms with Crippen molar-refractivity contribution in [3.05, 3.63) is 65.1 Å². The summed E-state index contributed by atoms with van der Waals surface area (Å²) in [5.74, 6) is 2.58. The maximum atomic E-state index is 12.5. The topological polar surface area (TPSA) is 102 Å². The molecule has 3 heterocycles. The number of aryl methyl sites for hydroxylation is 1. The van der Waals surface area contributed by atoms with Crippen molar-refractivity contribution in [1.29, 1.82) is 0 Å². The maximum Gasteiger partial charge on any atom is 0.413 e. The quantitative estimate of drug-likeness (QED) is 0.427. The Morgan fingerprint density at radius 1 is 1.25 bits per heavy atom. The number of amides is 2. The van der Waals surface area contributed by atoms with Gasteiger partial charge in [0.2, 0.25) is 0 Å². The molecule has 1 aliphatic rings. The number of hydrogen-bond acceptors (Lipinski definition) is 7. The van der Waals surface area contributed by atoms with Crippen LogP contribution in [-0.2, 0) is 17.6 Å². The number of aromatic nitrogens is 4. The molecule has 0 fully saturated rings. The average Bonchev–Trinajstić information content (AvgIpc) is 3.49.